The standard InChI is InChI=1S/C22H25FN2O3/c1-14-6-11-20(28-2)19(12-14)25-22(27)16-9-7-15(8-10-16)21(26)24-18-5-3-4-17(23)13-18/h3-6,11-13,15-16H,7-10H2,1-2H3,(H,24,26)(H,25,27). The quantitative estimate of drug-likeness (QED) is 0.796. The number of hydrogen-bond acceptors (Lipinski definition) is 3. The van der Waals surface area contributed by atoms with E-state index in [1.807, 2.05) is 25.1 Å². The minimum Gasteiger partial charge on any atom is -0.495 e. The molecule has 0 spiro atoms. The van der Waals surface area contributed by atoms with E-state index >= 15 is 0 Å². The molecule has 0 saturated heterocycles. The van der Waals surface area contributed by atoms with Crippen LogP contribution in [0.1, 0.15) is 31.2 Å². The number of amides is 2. The van der Waals surface area contributed by atoms with Crippen LogP contribution in [0.15, 0.2) is 42.5 Å². The van der Waals surface area contributed by atoms with Crippen LogP contribution in [0.5, 0.6) is 5.75 Å². The highest BCUT2D eigenvalue weighted by molar-refractivity contribution is 5.95. The molecule has 0 heterocycles. The van der Waals surface area contributed by atoms with Crippen molar-refractivity contribution in [3.05, 3.63) is 53.8 Å². The topological polar surface area (TPSA) is 67.4 Å². The van der Waals surface area contributed by atoms with Gasteiger partial charge in [0.05, 0.1) is 12.8 Å². The molecular formula is C22H25FN2O3. The number of carbonyl (C=O) groups is 2. The van der Waals surface area contributed by atoms with Crippen molar-refractivity contribution < 1.29 is 18.7 Å². The largest absolute Gasteiger partial charge is 0.495 e. The predicted octanol–water partition coefficient (Wildman–Crippen LogP) is 4.53. The third-order valence-corrected chi connectivity index (χ3v) is 5.17. The van der Waals surface area contributed by atoms with Crippen LogP contribution in [-0.4, -0.2) is 18.9 Å². The van der Waals surface area contributed by atoms with Gasteiger partial charge in [-0.1, -0.05) is 12.1 Å². The molecule has 0 radical (unpaired) electrons. The summed E-state index contributed by atoms with van der Waals surface area (Å²) in [5, 5.41) is 5.72. The summed E-state index contributed by atoms with van der Waals surface area (Å²) in [6.07, 6.45) is 2.54. The van der Waals surface area contributed by atoms with Gasteiger partial charge in [0.2, 0.25) is 11.8 Å². The van der Waals surface area contributed by atoms with Gasteiger partial charge >= 0.3 is 0 Å². The highest BCUT2D eigenvalue weighted by atomic mass is 19.1. The molecule has 1 saturated carbocycles. The second kappa shape index (κ2) is 8.87. The summed E-state index contributed by atoms with van der Waals surface area (Å²) in [7, 11) is 1.57. The Kier molecular flexibility index (Phi) is 6.29. The summed E-state index contributed by atoms with van der Waals surface area (Å²) in [6, 6.07) is 11.5. The smallest absolute Gasteiger partial charge is 0.227 e. The number of rotatable bonds is 5. The molecule has 5 nitrogen and oxygen atoms in total. The number of benzene rings is 2. The number of ether oxygens (including phenoxy) is 1. The summed E-state index contributed by atoms with van der Waals surface area (Å²) >= 11 is 0. The van der Waals surface area contributed by atoms with Crippen LogP contribution in [-0.2, 0) is 9.59 Å². The fourth-order valence-electron chi connectivity index (χ4n) is 3.58. The molecule has 2 aromatic rings. The lowest BCUT2D eigenvalue weighted by molar-refractivity contribution is -0.125. The van der Waals surface area contributed by atoms with Crippen LogP contribution in [0.4, 0.5) is 15.8 Å². The van der Waals surface area contributed by atoms with Crippen molar-refractivity contribution in [2.75, 3.05) is 17.7 Å². The highest BCUT2D eigenvalue weighted by Crippen LogP contribution is 2.32. The van der Waals surface area contributed by atoms with Crippen molar-refractivity contribution in [1.29, 1.82) is 0 Å². The predicted molar refractivity (Wildman–Crippen MR) is 107 cm³/mol. The van der Waals surface area contributed by atoms with E-state index in [1.165, 1.54) is 12.1 Å². The summed E-state index contributed by atoms with van der Waals surface area (Å²) in [6.45, 7) is 1.96. The molecule has 1 aliphatic carbocycles. The van der Waals surface area contributed by atoms with Gasteiger partial charge < -0.3 is 15.4 Å². The number of anilines is 2. The van der Waals surface area contributed by atoms with Crippen LogP contribution in [0.25, 0.3) is 0 Å². The number of aryl methyl sites for hydroxylation is 1. The van der Waals surface area contributed by atoms with Crippen molar-refractivity contribution in [2.24, 2.45) is 11.8 Å². The maximum Gasteiger partial charge on any atom is 0.227 e. The maximum absolute atomic E-state index is 13.3. The number of hydrogen-bond donors (Lipinski definition) is 2. The van der Waals surface area contributed by atoms with E-state index in [1.54, 1.807) is 19.2 Å². The number of carbonyl (C=O) groups excluding carboxylic acids is 2. The fraction of sp³-hybridized carbons (Fsp3) is 0.364. The van der Waals surface area contributed by atoms with Gasteiger partial charge in [-0.15, -0.1) is 0 Å². The Morgan fingerprint density at radius 2 is 1.61 bits per heavy atom. The fourth-order valence-corrected chi connectivity index (χ4v) is 3.58. The van der Waals surface area contributed by atoms with Crippen molar-refractivity contribution in [2.45, 2.75) is 32.6 Å². The first kappa shape index (κ1) is 19.9. The molecule has 148 valence electrons. The molecule has 1 aliphatic rings. The van der Waals surface area contributed by atoms with Gasteiger partial charge in [0.1, 0.15) is 11.6 Å². The Labute approximate surface area is 164 Å². The monoisotopic (exact) mass is 384 g/mol. The van der Waals surface area contributed by atoms with Gasteiger partial charge in [-0.05, 0) is 68.5 Å². The van der Waals surface area contributed by atoms with Crippen molar-refractivity contribution in [3.8, 4) is 5.75 Å². The lowest BCUT2D eigenvalue weighted by Gasteiger charge is -2.27. The molecule has 2 aromatic carbocycles. The average molecular weight is 384 g/mol. The van der Waals surface area contributed by atoms with E-state index in [2.05, 4.69) is 10.6 Å². The van der Waals surface area contributed by atoms with E-state index in [-0.39, 0.29) is 29.5 Å². The summed E-state index contributed by atoms with van der Waals surface area (Å²) in [5.41, 5.74) is 2.16. The first-order valence-electron chi connectivity index (χ1n) is 9.48. The Hall–Kier alpha value is -2.89. The molecule has 3 rings (SSSR count). The van der Waals surface area contributed by atoms with Crippen LogP contribution >= 0.6 is 0 Å². The van der Waals surface area contributed by atoms with Crippen molar-refractivity contribution >= 4 is 23.2 Å². The summed E-state index contributed by atoms with van der Waals surface area (Å²) in [4.78, 5) is 25.1. The Morgan fingerprint density at radius 3 is 2.21 bits per heavy atom. The van der Waals surface area contributed by atoms with Gasteiger partial charge in [-0.2, -0.15) is 0 Å². The normalized spacial score (nSPS) is 19.0. The molecule has 0 atom stereocenters. The van der Waals surface area contributed by atoms with Crippen molar-refractivity contribution in [3.63, 3.8) is 0 Å². The second-order valence-electron chi connectivity index (χ2n) is 7.24. The first-order valence-corrected chi connectivity index (χ1v) is 9.48. The lowest BCUT2D eigenvalue weighted by Crippen LogP contribution is -2.32. The Morgan fingerprint density at radius 1 is 0.964 bits per heavy atom. The zero-order valence-corrected chi connectivity index (χ0v) is 16.1. The zero-order chi connectivity index (χ0) is 20.1. The number of methoxy groups -OCH3 is 1. The van der Waals surface area contributed by atoms with E-state index < -0.39 is 0 Å². The van der Waals surface area contributed by atoms with E-state index in [4.69, 9.17) is 4.74 Å². The third kappa shape index (κ3) is 4.88. The summed E-state index contributed by atoms with van der Waals surface area (Å²) < 4.78 is 18.6. The van der Waals surface area contributed by atoms with Gasteiger partial charge in [-0.25, -0.2) is 4.39 Å². The van der Waals surface area contributed by atoms with Gasteiger partial charge in [-0.3, -0.25) is 9.59 Å². The van der Waals surface area contributed by atoms with Crippen LogP contribution in [0.3, 0.4) is 0 Å². The highest BCUT2D eigenvalue weighted by Gasteiger charge is 2.30. The Bertz CT molecular complexity index is 861. The van der Waals surface area contributed by atoms with E-state index in [9.17, 15) is 14.0 Å². The molecular weight excluding hydrogens is 359 g/mol. The molecule has 0 aromatic heterocycles. The van der Waals surface area contributed by atoms with Gasteiger partial charge in [0.25, 0.3) is 0 Å². The Balaban J connectivity index is 1.54. The third-order valence-electron chi connectivity index (χ3n) is 5.17. The molecule has 6 heteroatoms. The first-order chi connectivity index (χ1) is 13.5. The minimum absolute atomic E-state index is 0.0483. The summed E-state index contributed by atoms with van der Waals surface area (Å²) in [5.74, 6) is -0.228. The molecule has 2 amide bonds. The van der Waals surface area contributed by atoms with Crippen LogP contribution < -0.4 is 15.4 Å². The van der Waals surface area contributed by atoms with Gasteiger partial charge in [0.15, 0.2) is 0 Å². The number of nitrogens with one attached hydrogen (secondary N) is 2. The molecule has 0 unspecified atom stereocenters. The maximum atomic E-state index is 13.3. The van der Waals surface area contributed by atoms with Gasteiger partial charge in [0, 0.05) is 17.5 Å². The molecule has 0 aliphatic heterocycles. The van der Waals surface area contributed by atoms with Crippen LogP contribution in [0.2, 0.25) is 0 Å². The molecule has 2 N–H and O–H groups in total. The van der Waals surface area contributed by atoms with E-state index in [0.717, 1.165) is 5.56 Å². The lowest BCUT2D eigenvalue weighted by atomic mass is 9.81. The molecule has 1 fully saturated rings. The molecule has 28 heavy (non-hydrogen) atoms. The second-order valence-corrected chi connectivity index (χ2v) is 7.24. The minimum atomic E-state index is -0.384. The van der Waals surface area contributed by atoms with E-state index in [0.29, 0.717) is 42.8 Å². The zero-order valence-electron chi connectivity index (χ0n) is 16.1. The number of halogens is 1. The van der Waals surface area contributed by atoms with Crippen molar-refractivity contribution in [1.82, 2.24) is 0 Å². The van der Waals surface area contributed by atoms with Crippen LogP contribution in [0, 0.1) is 24.6 Å². The molecule has 0 bridgehead atoms. The SMILES string of the molecule is COc1ccc(C)cc1NC(=O)C1CCC(C(=O)Nc2cccc(F)c2)CC1. The average Bonchev–Trinajstić information content (AvgIpc) is 2.68.